The van der Waals surface area contributed by atoms with Gasteiger partial charge in [0.05, 0.1) is 19.2 Å². The third-order valence-electron chi connectivity index (χ3n) is 12.9. The van der Waals surface area contributed by atoms with Crippen molar-refractivity contribution >= 4 is 57.1 Å². The maximum atomic E-state index is 15.0. The number of nitrogens with zero attached hydrogens (tertiary/aromatic N) is 2. The zero-order valence-corrected chi connectivity index (χ0v) is 37.8. The molecule has 12 rings (SSSR count). The Morgan fingerprint density at radius 3 is 2.23 bits per heavy atom. The molecule has 1 radical (unpaired) electrons. The molecule has 0 spiro atoms. The van der Waals surface area contributed by atoms with Gasteiger partial charge in [-0.05, 0) is 102 Å². The van der Waals surface area contributed by atoms with Gasteiger partial charge in [-0.1, -0.05) is 133 Å². The molecule has 0 amide bonds. The number of fused-ring (bicyclic) bond motifs is 9. The molecule has 0 N–H and O–H groups in total. The van der Waals surface area contributed by atoms with Crippen molar-refractivity contribution in [3.05, 3.63) is 151 Å². The van der Waals surface area contributed by atoms with Crippen LogP contribution in [0.2, 0.25) is 19.6 Å². The smallest absolute Gasteiger partial charge is 0.121 e. The van der Waals surface area contributed by atoms with Crippen LogP contribution < -0.4 is 5.19 Å². The molecule has 3 fully saturated rings. The van der Waals surface area contributed by atoms with E-state index in [1.807, 2.05) is 73.1 Å². The zero-order valence-electron chi connectivity index (χ0n) is 34.4. The van der Waals surface area contributed by atoms with Gasteiger partial charge >= 0.3 is 0 Å². The summed E-state index contributed by atoms with van der Waals surface area (Å²) in [7, 11) is -1.38. The number of furan rings is 2. The summed E-state index contributed by atoms with van der Waals surface area (Å²) in [5.41, 5.74) is 11.1. The van der Waals surface area contributed by atoms with Gasteiger partial charge in [0, 0.05) is 49.1 Å². The topological polar surface area (TPSA) is 52.1 Å². The quantitative estimate of drug-likeness (QED) is 0.123. The summed E-state index contributed by atoms with van der Waals surface area (Å²) in [6.45, 7) is 9.23. The molecule has 2 bridgehead atoms. The molecule has 4 nitrogen and oxygen atoms in total. The molecule has 7 heteroatoms. The van der Waals surface area contributed by atoms with E-state index in [0.717, 1.165) is 85.1 Å². The van der Waals surface area contributed by atoms with Gasteiger partial charge in [0.2, 0.25) is 0 Å². The molecule has 60 heavy (non-hydrogen) atoms. The Morgan fingerprint density at radius 1 is 0.717 bits per heavy atom. The predicted molar refractivity (Wildman–Crippen MR) is 242 cm³/mol. The van der Waals surface area contributed by atoms with Gasteiger partial charge in [-0.15, -0.1) is 30.3 Å². The van der Waals surface area contributed by atoms with E-state index in [1.165, 1.54) is 54.5 Å². The molecule has 3 aliphatic carbocycles. The van der Waals surface area contributed by atoms with E-state index in [-0.39, 0.29) is 25.9 Å². The first-order chi connectivity index (χ1) is 28.7. The number of pyridine rings is 2. The molecule has 1 unspecified atom stereocenters. The molecule has 4 aromatic heterocycles. The molecule has 9 aromatic rings. The number of hydrogen-bond donors (Lipinski definition) is 0. The summed E-state index contributed by atoms with van der Waals surface area (Å²) < 4.78 is 27.4. The molecule has 0 aliphatic heterocycles. The number of aromatic nitrogens is 2. The van der Waals surface area contributed by atoms with Crippen molar-refractivity contribution in [2.75, 3.05) is 0 Å². The zero-order chi connectivity index (χ0) is 40.3. The summed E-state index contributed by atoms with van der Waals surface area (Å²) in [5.74, 6) is 2.25. The molecular weight excluding hydrogens is 936 g/mol. The molecule has 3 saturated carbocycles. The van der Waals surface area contributed by atoms with Gasteiger partial charge in [0.15, 0.2) is 0 Å². The minimum atomic E-state index is -1.38. The van der Waals surface area contributed by atoms with Crippen molar-refractivity contribution in [3.63, 3.8) is 0 Å². The fourth-order valence-electron chi connectivity index (χ4n) is 9.95. The molecule has 5 aromatic carbocycles. The van der Waals surface area contributed by atoms with Crippen LogP contribution in [0.3, 0.4) is 0 Å². The van der Waals surface area contributed by atoms with Crippen LogP contribution in [0.1, 0.15) is 43.2 Å². The van der Waals surface area contributed by atoms with Crippen LogP contribution >= 0.6 is 0 Å². The van der Waals surface area contributed by atoms with Crippen LogP contribution in [0.4, 0.5) is 4.39 Å². The summed E-state index contributed by atoms with van der Waals surface area (Å²) in [6, 6.07) is 42.7. The second kappa shape index (κ2) is 16.3. The van der Waals surface area contributed by atoms with E-state index >= 15 is 4.39 Å². The molecular formula is C53H47FIrN2O2Si-2. The van der Waals surface area contributed by atoms with E-state index in [0.29, 0.717) is 16.6 Å². The van der Waals surface area contributed by atoms with Crippen molar-refractivity contribution in [1.29, 1.82) is 0 Å². The Morgan fingerprint density at radius 2 is 1.47 bits per heavy atom. The maximum Gasteiger partial charge on any atom is 0.121 e. The van der Waals surface area contributed by atoms with Crippen LogP contribution in [0.15, 0.2) is 130 Å². The minimum absolute atomic E-state index is 0. The second-order valence-corrected chi connectivity index (χ2v) is 22.8. The Balaban J connectivity index is 0.000000163. The first kappa shape index (κ1) is 40.2. The Kier molecular flexibility index (Phi) is 11.0. The number of halogens is 1. The number of para-hydroxylation sites is 1. The first-order valence-electron chi connectivity index (χ1n) is 21.0. The van der Waals surface area contributed by atoms with Crippen molar-refractivity contribution < 1.29 is 33.3 Å². The largest absolute Gasteiger partial charge is 0.501 e. The van der Waals surface area contributed by atoms with Gasteiger partial charge in [0.1, 0.15) is 11.2 Å². The molecule has 4 heterocycles. The Bertz CT molecular complexity index is 3000. The predicted octanol–water partition coefficient (Wildman–Crippen LogP) is 13.9. The summed E-state index contributed by atoms with van der Waals surface area (Å²) in [4.78, 5) is 9.39. The van der Waals surface area contributed by atoms with Gasteiger partial charge < -0.3 is 18.8 Å². The number of hydrogen-bond acceptors (Lipinski definition) is 4. The van der Waals surface area contributed by atoms with Gasteiger partial charge in [0.25, 0.3) is 0 Å². The van der Waals surface area contributed by atoms with Crippen LogP contribution in [0.5, 0.6) is 0 Å². The third-order valence-corrected chi connectivity index (χ3v) is 15.0. The minimum Gasteiger partial charge on any atom is -0.501 e. The van der Waals surface area contributed by atoms with Gasteiger partial charge in [-0.2, -0.15) is 0 Å². The summed E-state index contributed by atoms with van der Waals surface area (Å²) in [5, 5.41) is 4.95. The first-order valence-corrected chi connectivity index (χ1v) is 24.5. The van der Waals surface area contributed by atoms with Crippen molar-refractivity contribution in [2.45, 2.75) is 65.1 Å². The normalized spacial score (nSPS) is 17.5. The molecule has 303 valence electrons. The van der Waals surface area contributed by atoms with Crippen molar-refractivity contribution in [2.24, 2.45) is 17.8 Å². The number of aryl methyl sites for hydroxylation is 1. The maximum absolute atomic E-state index is 15.0. The van der Waals surface area contributed by atoms with E-state index in [1.54, 1.807) is 0 Å². The van der Waals surface area contributed by atoms with Crippen LogP contribution in [0.25, 0.3) is 77.5 Å². The SMILES string of the molecule is Cc1cc(-c2[c-]ccc3c2oc2ccccc23)ncc1[Si](C)(C)C.Fc1c[c-]c(-c2cc(CC3CC4CCC3CC4)ccn2)c2oc3cc(-c4ccccc4)ccc3c12.[Ir]. The summed E-state index contributed by atoms with van der Waals surface area (Å²) in [6.07, 6.45) is 12.0. The van der Waals surface area contributed by atoms with Gasteiger partial charge in [-0.25, -0.2) is 0 Å². The van der Waals surface area contributed by atoms with E-state index in [4.69, 9.17) is 13.8 Å². The van der Waals surface area contributed by atoms with Crippen LogP contribution in [-0.4, -0.2) is 18.0 Å². The Hall–Kier alpha value is -5.20. The van der Waals surface area contributed by atoms with Crippen molar-refractivity contribution in [1.82, 2.24) is 9.97 Å². The fourth-order valence-corrected chi connectivity index (χ4v) is 11.7. The number of rotatable bonds is 6. The molecule has 3 aliphatic rings. The third kappa shape index (κ3) is 7.57. The summed E-state index contributed by atoms with van der Waals surface area (Å²) >= 11 is 0. The van der Waals surface area contributed by atoms with E-state index in [9.17, 15) is 0 Å². The van der Waals surface area contributed by atoms with E-state index in [2.05, 4.69) is 86.1 Å². The number of benzene rings is 5. The Labute approximate surface area is 365 Å². The monoisotopic (exact) mass is 983 g/mol. The van der Waals surface area contributed by atoms with Gasteiger partial charge in [-0.3, -0.25) is 4.39 Å². The van der Waals surface area contributed by atoms with Crippen molar-refractivity contribution in [3.8, 4) is 33.6 Å². The van der Waals surface area contributed by atoms with Crippen LogP contribution in [0, 0.1) is 42.6 Å². The average Bonchev–Trinajstić information content (AvgIpc) is 3.84. The fraction of sp³-hybridized carbons (Fsp3) is 0.245. The average molecular weight is 983 g/mol. The standard InChI is InChI=1S/C32H27FNO.C21H20NOSi.Ir/c33-28-13-12-26(29-18-21(14-15-34-29)17-25-16-20-6-8-23(25)9-7-20)32-31(28)27-11-10-24(19-30(27)35-32)22-4-2-1-3-5-22;1-14-12-18(22-13-20(14)24(2,3)4)17-10-7-9-16-15-8-5-6-11-19(15)23-21(16)17;/h1-5,10-11,13-15,18-20,23,25H,6-9,16-17H2;5-9,11-13H,1-4H3;/q2*-1;. The second-order valence-electron chi connectivity index (χ2n) is 17.8. The van der Waals surface area contributed by atoms with E-state index < -0.39 is 8.07 Å². The van der Waals surface area contributed by atoms with Crippen LogP contribution in [-0.2, 0) is 26.5 Å². The molecule has 1 atom stereocenters. The molecule has 0 saturated heterocycles.